The Morgan fingerprint density at radius 1 is 0.810 bits per heavy atom. The zero-order valence-corrected chi connectivity index (χ0v) is 14.5. The van der Waals surface area contributed by atoms with Crippen LogP contribution >= 0.6 is 12.2 Å². The molecule has 0 aromatic rings. The van der Waals surface area contributed by atoms with Crippen LogP contribution in [0.15, 0.2) is 0 Å². The lowest BCUT2D eigenvalue weighted by atomic mass is 9.90. The summed E-state index contributed by atoms with van der Waals surface area (Å²) >= 11 is 5.71. The summed E-state index contributed by atoms with van der Waals surface area (Å²) in [5.41, 5.74) is 0. The predicted molar refractivity (Wildman–Crippen MR) is 93.9 cm³/mol. The highest BCUT2D eigenvalue weighted by Gasteiger charge is 2.18. The molecule has 0 N–H and O–H groups in total. The van der Waals surface area contributed by atoms with Crippen molar-refractivity contribution in [1.82, 2.24) is 4.90 Å². The summed E-state index contributed by atoms with van der Waals surface area (Å²) in [7, 11) is 0. The van der Waals surface area contributed by atoms with Crippen LogP contribution in [0.5, 0.6) is 0 Å². The third-order valence-electron chi connectivity index (χ3n) is 5.05. The molecule has 2 fully saturated rings. The van der Waals surface area contributed by atoms with Crippen molar-refractivity contribution in [3.8, 4) is 0 Å². The molecule has 0 radical (unpaired) electrons. The number of hydrogen-bond acceptors (Lipinski definition) is 2. The molecular formula is C18H33NOS. The Bertz CT molecular complexity index is 277. The van der Waals surface area contributed by atoms with Gasteiger partial charge < -0.3 is 9.64 Å². The number of thiocarbonyl (C=S) groups is 1. The quantitative estimate of drug-likeness (QED) is 0.669. The third-order valence-corrected chi connectivity index (χ3v) is 5.48. The van der Waals surface area contributed by atoms with Gasteiger partial charge in [0, 0.05) is 19.5 Å². The van der Waals surface area contributed by atoms with Crippen LogP contribution in [0.4, 0.5) is 0 Å². The first kappa shape index (κ1) is 17.2. The Kier molecular flexibility index (Phi) is 8.65. The molecule has 1 saturated heterocycles. The van der Waals surface area contributed by atoms with Gasteiger partial charge in [-0.1, -0.05) is 82.8 Å². The molecule has 1 aliphatic carbocycles. The van der Waals surface area contributed by atoms with Crippen LogP contribution in [0, 0.1) is 5.92 Å². The topological polar surface area (TPSA) is 12.5 Å². The Morgan fingerprint density at radius 2 is 1.29 bits per heavy atom. The molecule has 0 atom stereocenters. The van der Waals surface area contributed by atoms with Crippen molar-refractivity contribution in [2.24, 2.45) is 5.92 Å². The fourth-order valence-corrected chi connectivity index (χ4v) is 4.06. The van der Waals surface area contributed by atoms with Crippen molar-refractivity contribution in [2.45, 2.75) is 77.0 Å². The van der Waals surface area contributed by atoms with Gasteiger partial charge in [0.2, 0.25) is 0 Å². The average Bonchev–Trinajstić information content (AvgIpc) is 2.51. The van der Waals surface area contributed by atoms with Crippen LogP contribution in [-0.2, 0) is 4.74 Å². The molecule has 122 valence electrons. The van der Waals surface area contributed by atoms with Crippen LogP contribution in [0.25, 0.3) is 0 Å². The first-order valence-corrected chi connectivity index (χ1v) is 9.62. The minimum Gasteiger partial charge on any atom is -0.378 e. The van der Waals surface area contributed by atoms with Gasteiger partial charge in [-0.2, -0.15) is 0 Å². The van der Waals surface area contributed by atoms with Crippen molar-refractivity contribution >= 4 is 17.2 Å². The van der Waals surface area contributed by atoms with E-state index in [0.717, 1.165) is 38.6 Å². The van der Waals surface area contributed by atoms with E-state index < -0.39 is 0 Å². The minimum atomic E-state index is 0.833. The van der Waals surface area contributed by atoms with Gasteiger partial charge >= 0.3 is 0 Å². The molecule has 2 aliphatic rings. The van der Waals surface area contributed by atoms with E-state index in [2.05, 4.69) is 4.90 Å². The summed E-state index contributed by atoms with van der Waals surface area (Å²) in [6.07, 6.45) is 16.9. The minimum absolute atomic E-state index is 0.833. The van der Waals surface area contributed by atoms with Crippen LogP contribution in [0.1, 0.15) is 77.0 Å². The molecule has 0 amide bonds. The molecule has 21 heavy (non-hydrogen) atoms. The van der Waals surface area contributed by atoms with Crippen molar-refractivity contribution in [3.63, 3.8) is 0 Å². The summed E-state index contributed by atoms with van der Waals surface area (Å²) < 4.78 is 5.43. The van der Waals surface area contributed by atoms with E-state index in [1.54, 1.807) is 0 Å². The van der Waals surface area contributed by atoms with E-state index in [0.29, 0.717) is 0 Å². The van der Waals surface area contributed by atoms with Crippen LogP contribution in [0.2, 0.25) is 0 Å². The third kappa shape index (κ3) is 7.10. The number of morpholine rings is 1. The summed E-state index contributed by atoms with van der Waals surface area (Å²) in [4.78, 5) is 3.59. The van der Waals surface area contributed by atoms with Gasteiger partial charge in [-0.25, -0.2) is 0 Å². The molecule has 0 aromatic carbocycles. The van der Waals surface area contributed by atoms with E-state index in [1.807, 2.05) is 0 Å². The molecule has 1 heterocycles. The van der Waals surface area contributed by atoms with E-state index in [-0.39, 0.29) is 0 Å². The number of nitrogens with zero attached hydrogens (tertiary/aromatic N) is 1. The maximum atomic E-state index is 5.71. The van der Waals surface area contributed by atoms with Gasteiger partial charge in [0.25, 0.3) is 0 Å². The van der Waals surface area contributed by atoms with Crippen molar-refractivity contribution in [3.05, 3.63) is 0 Å². The SMILES string of the molecule is S=C(CC1CCCCCCCCCCC1)N1CCOCC1. The Labute approximate surface area is 136 Å². The normalized spacial score (nSPS) is 24.1. The lowest BCUT2D eigenvalue weighted by Crippen LogP contribution is -2.40. The van der Waals surface area contributed by atoms with Crippen LogP contribution in [0.3, 0.4) is 0 Å². The molecule has 2 rings (SSSR count). The summed E-state index contributed by atoms with van der Waals surface area (Å²) in [6, 6.07) is 0. The Morgan fingerprint density at radius 3 is 1.81 bits per heavy atom. The van der Waals surface area contributed by atoms with Crippen LogP contribution in [-0.4, -0.2) is 36.2 Å². The van der Waals surface area contributed by atoms with Gasteiger partial charge in [0.15, 0.2) is 0 Å². The molecule has 0 aromatic heterocycles. The maximum Gasteiger partial charge on any atom is 0.0783 e. The number of ether oxygens (including phenoxy) is 1. The second-order valence-electron chi connectivity index (χ2n) is 6.82. The summed E-state index contributed by atoms with van der Waals surface area (Å²) in [5, 5.41) is 0. The van der Waals surface area contributed by atoms with Gasteiger partial charge in [0.05, 0.1) is 18.2 Å². The summed E-state index contributed by atoms with van der Waals surface area (Å²) in [6.45, 7) is 3.72. The van der Waals surface area contributed by atoms with Crippen molar-refractivity contribution in [1.29, 1.82) is 0 Å². The van der Waals surface area contributed by atoms with E-state index in [9.17, 15) is 0 Å². The van der Waals surface area contributed by atoms with Crippen LogP contribution < -0.4 is 0 Å². The fraction of sp³-hybridized carbons (Fsp3) is 0.944. The second-order valence-corrected chi connectivity index (χ2v) is 7.29. The van der Waals surface area contributed by atoms with E-state index >= 15 is 0 Å². The highest BCUT2D eigenvalue weighted by molar-refractivity contribution is 7.80. The summed E-state index contributed by atoms with van der Waals surface area (Å²) in [5.74, 6) is 0.833. The Balaban J connectivity index is 1.75. The highest BCUT2D eigenvalue weighted by Crippen LogP contribution is 2.24. The smallest absolute Gasteiger partial charge is 0.0783 e. The molecule has 2 nitrogen and oxygen atoms in total. The van der Waals surface area contributed by atoms with Gasteiger partial charge in [-0.3, -0.25) is 0 Å². The lowest BCUT2D eigenvalue weighted by Gasteiger charge is -2.31. The molecular weight excluding hydrogens is 278 g/mol. The maximum absolute atomic E-state index is 5.71. The number of hydrogen-bond donors (Lipinski definition) is 0. The number of rotatable bonds is 2. The monoisotopic (exact) mass is 311 g/mol. The zero-order chi connectivity index (χ0) is 14.8. The second kappa shape index (κ2) is 10.6. The van der Waals surface area contributed by atoms with Crippen molar-refractivity contribution < 1.29 is 4.74 Å². The standard InChI is InChI=1S/C18H33NOS/c21-18(19-12-14-20-15-13-19)16-17-10-8-6-4-2-1-3-5-7-9-11-17/h17H,1-16H2. The first-order chi connectivity index (χ1) is 10.4. The van der Waals surface area contributed by atoms with Crippen molar-refractivity contribution in [2.75, 3.05) is 26.3 Å². The van der Waals surface area contributed by atoms with Gasteiger partial charge in [-0.15, -0.1) is 0 Å². The largest absolute Gasteiger partial charge is 0.378 e. The molecule has 1 aliphatic heterocycles. The van der Waals surface area contributed by atoms with Gasteiger partial charge in [0.1, 0.15) is 0 Å². The average molecular weight is 312 g/mol. The predicted octanol–water partition coefficient (Wildman–Crippen LogP) is 4.96. The Hall–Kier alpha value is -0.150. The molecule has 3 heteroatoms. The fourth-order valence-electron chi connectivity index (χ4n) is 3.64. The molecule has 0 spiro atoms. The van der Waals surface area contributed by atoms with E-state index in [4.69, 9.17) is 17.0 Å². The molecule has 0 bridgehead atoms. The molecule has 0 unspecified atom stereocenters. The lowest BCUT2D eigenvalue weighted by molar-refractivity contribution is 0.0678. The highest BCUT2D eigenvalue weighted by atomic mass is 32.1. The first-order valence-electron chi connectivity index (χ1n) is 9.22. The van der Waals surface area contributed by atoms with E-state index in [1.165, 1.54) is 75.6 Å². The van der Waals surface area contributed by atoms with Gasteiger partial charge in [-0.05, 0) is 5.92 Å². The molecule has 1 saturated carbocycles. The zero-order valence-electron chi connectivity index (χ0n) is 13.7.